The fourth-order valence-corrected chi connectivity index (χ4v) is 4.20. The predicted octanol–water partition coefficient (Wildman–Crippen LogP) is 3.25. The molecule has 0 amide bonds. The summed E-state index contributed by atoms with van der Waals surface area (Å²) in [5, 5.41) is 0. The summed E-state index contributed by atoms with van der Waals surface area (Å²) in [6.07, 6.45) is 4.75. The lowest BCUT2D eigenvalue weighted by atomic mass is 9.95. The van der Waals surface area contributed by atoms with E-state index >= 15 is 0 Å². The Balaban J connectivity index is 1.86. The number of likely N-dealkylation sites (tertiary alicyclic amines) is 1. The van der Waals surface area contributed by atoms with Gasteiger partial charge in [-0.25, -0.2) is 0 Å². The molecule has 0 spiro atoms. The van der Waals surface area contributed by atoms with Crippen molar-refractivity contribution in [1.82, 2.24) is 4.90 Å². The van der Waals surface area contributed by atoms with E-state index in [4.69, 9.17) is 5.73 Å². The van der Waals surface area contributed by atoms with Gasteiger partial charge in [0.1, 0.15) is 0 Å². The van der Waals surface area contributed by atoms with Gasteiger partial charge >= 0.3 is 0 Å². The van der Waals surface area contributed by atoms with Crippen molar-refractivity contribution < 1.29 is 0 Å². The normalized spacial score (nSPS) is 32.5. The lowest BCUT2D eigenvalue weighted by Crippen LogP contribution is -2.46. The molecule has 1 fully saturated rings. The summed E-state index contributed by atoms with van der Waals surface area (Å²) >= 11 is 3.68. The second kappa shape index (κ2) is 4.95. The lowest BCUT2D eigenvalue weighted by Gasteiger charge is -2.40. The van der Waals surface area contributed by atoms with E-state index in [1.807, 2.05) is 0 Å². The van der Waals surface area contributed by atoms with Crippen molar-refractivity contribution in [2.24, 2.45) is 5.73 Å². The first kappa shape index (κ1) is 12.6. The molecular formula is C15H21BrN2. The molecule has 1 aliphatic carbocycles. The Hall–Kier alpha value is -0.380. The smallest absolute Gasteiger partial charge is 0.0357 e. The van der Waals surface area contributed by atoms with E-state index < -0.39 is 0 Å². The van der Waals surface area contributed by atoms with Crippen LogP contribution in [0.4, 0.5) is 0 Å². The van der Waals surface area contributed by atoms with Crippen LogP contribution in [0.5, 0.6) is 0 Å². The van der Waals surface area contributed by atoms with Crippen molar-refractivity contribution in [3.05, 3.63) is 33.8 Å². The Labute approximate surface area is 118 Å². The minimum Gasteiger partial charge on any atom is -0.328 e. The highest BCUT2D eigenvalue weighted by Gasteiger charge is 2.34. The molecule has 1 aromatic rings. The van der Waals surface area contributed by atoms with Crippen LogP contribution in [0.15, 0.2) is 22.7 Å². The Morgan fingerprint density at radius 2 is 2.17 bits per heavy atom. The topological polar surface area (TPSA) is 29.3 Å². The van der Waals surface area contributed by atoms with Gasteiger partial charge in [0.15, 0.2) is 0 Å². The van der Waals surface area contributed by atoms with Crippen molar-refractivity contribution in [2.45, 2.75) is 50.7 Å². The van der Waals surface area contributed by atoms with Crippen LogP contribution in [-0.4, -0.2) is 23.5 Å². The molecule has 3 atom stereocenters. The van der Waals surface area contributed by atoms with Gasteiger partial charge in [0.05, 0.1) is 0 Å². The summed E-state index contributed by atoms with van der Waals surface area (Å²) in [6, 6.07) is 8.26. The zero-order chi connectivity index (χ0) is 12.7. The summed E-state index contributed by atoms with van der Waals surface area (Å²) in [4.78, 5) is 2.67. The van der Waals surface area contributed by atoms with Crippen molar-refractivity contribution in [1.29, 1.82) is 0 Å². The first-order valence-electron chi connectivity index (χ1n) is 6.95. The molecule has 98 valence electrons. The van der Waals surface area contributed by atoms with Crippen LogP contribution in [0.1, 0.15) is 43.4 Å². The van der Waals surface area contributed by atoms with Gasteiger partial charge in [0.2, 0.25) is 0 Å². The molecule has 2 N–H and O–H groups in total. The zero-order valence-corrected chi connectivity index (χ0v) is 12.5. The molecule has 3 rings (SSSR count). The Morgan fingerprint density at radius 3 is 2.94 bits per heavy atom. The number of hydrogen-bond donors (Lipinski definition) is 1. The predicted molar refractivity (Wildman–Crippen MR) is 78.6 cm³/mol. The van der Waals surface area contributed by atoms with Gasteiger partial charge in [-0.05, 0) is 49.8 Å². The fourth-order valence-electron chi connectivity index (χ4n) is 3.62. The highest BCUT2D eigenvalue weighted by atomic mass is 79.9. The van der Waals surface area contributed by atoms with Gasteiger partial charge in [0.25, 0.3) is 0 Å². The molecule has 2 nitrogen and oxygen atoms in total. The average molecular weight is 309 g/mol. The maximum atomic E-state index is 6.07. The molecule has 1 aliphatic heterocycles. The summed E-state index contributed by atoms with van der Waals surface area (Å²) in [5.41, 5.74) is 9.12. The van der Waals surface area contributed by atoms with Crippen LogP contribution < -0.4 is 5.73 Å². The molecule has 2 aliphatic rings. The number of halogens is 1. The van der Waals surface area contributed by atoms with Gasteiger partial charge in [-0.15, -0.1) is 0 Å². The Bertz CT molecular complexity index is 446. The van der Waals surface area contributed by atoms with E-state index in [1.54, 1.807) is 0 Å². The second-order valence-electron chi connectivity index (χ2n) is 5.73. The second-order valence-corrected chi connectivity index (χ2v) is 6.59. The number of nitrogens with zero attached hydrogens (tertiary/aromatic N) is 1. The van der Waals surface area contributed by atoms with Gasteiger partial charge in [-0.2, -0.15) is 0 Å². The minimum absolute atomic E-state index is 0.402. The van der Waals surface area contributed by atoms with E-state index in [0.29, 0.717) is 18.1 Å². The first-order chi connectivity index (χ1) is 8.66. The highest BCUT2D eigenvalue weighted by Crippen LogP contribution is 2.41. The van der Waals surface area contributed by atoms with E-state index in [1.165, 1.54) is 28.4 Å². The Kier molecular flexibility index (Phi) is 3.48. The largest absolute Gasteiger partial charge is 0.328 e. The summed E-state index contributed by atoms with van der Waals surface area (Å²) in [5.74, 6) is 0. The van der Waals surface area contributed by atoms with Crippen LogP contribution in [0.2, 0.25) is 0 Å². The molecule has 1 aromatic carbocycles. The number of rotatable bonds is 1. The third-order valence-electron chi connectivity index (χ3n) is 4.55. The van der Waals surface area contributed by atoms with Crippen LogP contribution in [-0.2, 0) is 6.42 Å². The van der Waals surface area contributed by atoms with Crippen LogP contribution in [0.3, 0.4) is 0 Å². The number of hydrogen-bond acceptors (Lipinski definition) is 2. The average Bonchev–Trinajstić information content (AvgIpc) is 2.74. The lowest BCUT2D eigenvalue weighted by molar-refractivity contribution is 0.0958. The number of piperidine rings is 1. The molecule has 0 aromatic heterocycles. The van der Waals surface area contributed by atoms with E-state index in [0.717, 1.165) is 19.4 Å². The van der Waals surface area contributed by atoms with Crippen molar-refractivity contribution >= 4 is 15.9 Å². The SMILES string of the molecule is CC1CC(N)CCN1C1CCc2c(Br)cccc21. The molecule has 0 bridgehead atoms. The van der Waals surface area contributed by atoms with E-state index in [-0.39, 0.29) is 0 Å². The van der Waals surface area contributed by atoms with Gasteiger partial charge in [-0.3, -0.25) is 4.90 Å². The quantitative estimate of drug-likeness (QED) is 0.863. The van der Waals surface area contributed by atoms with Crippen molar-refractivity contribution in [2.75, 3.05) is 6.54 Å². The van der Waals surface area contributed by atoms with Crippen molar-refractivity contribution in [3.8, 4) is 0 Å². The van der Waals surface area contributed by atoms with E-state index in [9.17, 15) is 0 Å². The molecule has 18 heavy (non-hydrogen) atoms. The molecule has 1 saturated heterocycles. The van der Waals surface area contributed by atoms with Crippen molar-refractivity contribution in [3.63, 3.8) is 0 Å². The monoisotopic (exact) mass is 308 g/mol. The van der Waals surface area contributed by atoms with Gasteiger partial charge in [-0.1, -0.05) is 28.1 Å². The molecular weight excluding hydrogens is 288 g/mol. The minimum atomic E-state index is 0.402. The first-order valence-corrected chi connectivity index (χ1v) is 7.74. The van der Waals surface area contributed by atoms with Crippen LogP contribution in [0.25, 0.3) is 0 Å². The summed E-state index contributed by atoms with van der Waals surface area (Å²) < 4.78 is 1.28. The summed E-state index contributed by atoms with van der Waals surface area (Å²) in [7, 11) is 0. The standard InChI is InChI=1S/C15H21BrN2/c1-10-9-11(17)7-8-18(10)15-6-5-12-13(15)3-2-4-14(12)16/h2-4,10-11,15H,5-9,17H2,1H3. The van der Waals surface area contributed by atoms with Crippen LogP contribution in [0, 0.1) is 0 Å². The molecule has 0 radical (unpaired) electrons. The number of benzene rings is 1. The fraction of sp³-hybridized carbons (Fsp3) is 0.600. The third kappa shape index (κ3) is 2.13. The third-order valence-corrected chi connectivity index (χ3v) is 5.29. The van der Waals surface area contributed by atoms with Gasteiger partial charge < -0.3 is 5.73 Å². The highest BCUT2D eigenvalue weighted by molar-refractivity contribution is 9.10. The molecule has 3 heteroatoms. The summed E-state index contributed by atoms with van der Waals surface area (Å²) in [6.45, 7) is 3.48. The molecule has 1 heterocycles. The zero-order valence-electron chi connectivity index (χ0n) is 10.9. The maximum absolute atomic E-state index is 6.07. The molecule has 0 saturated carbocycles. The Morgan fingerprint density at radius 1 is 1.33 bits per heavy atom. The van der Waals surface area contributed by atoms with Gasteiger partial charge in [0, 0.05) is 29.1 Å². The van der Waals surface area contributed by atoms with Crippen LogP contribution >= 0.6 is 15.9 Å². The number of fused-ring (bicyclic) bond motifs is 1. The maximum Gasteiger partial charge on any atom is 0.0357 e. The van der Waals surface area contributed by atoms with E-state index in [2.05, 4.69) is 46.0 Å². The molecule has 3 unspecified atom stereocenters. The number of nitrogens with two attached hydrogens (primary N) is 1.